The standard InChI is InChI=1S/C19H19N5O2/c1-14-7-9-16(10-8-14)18(26)22-19-21-13-24(23-19)12-17(25)20-11-15-5-3-2-4-6-15/h2-10,13H,11-12H2,1H3,(H,20,25)(H,22,23,26). The summed E-state index contributed by atoms with van der Waals surface area (Å²) in [5.41, 5.74) is 2.61. The number of carbonyl (C=O) groups excluding carboxylic acids is 2. The Kier molecular flexibility index (Phi) is 5.38. The van der Waals surface area contributed by atoms with Gasteiger partial charge in [-0.25, -0.2) is 9.67 Å². The van der Waals surface area contributed by atoms with Crippen molar-refractivity contribution in [3.63, 3.8) is 0 Å². The van der Waals surface area contributed by atoms with Crippen LogP contribution in [0.2, 0.25) is 0 Å². The molecule has 2 amide bonds. The third kappa shape index (κ3) is 4.76. The van der Waals surface area contributed by atoms with Gasteiger partial charge in [0, 0.05) is 12.1 Å². The Morgan fingerprint density at radius 1 is 1.04 bits per heavy atom. The molecule has 3 aromatic rings. The monoisotopic (exact) mass is 349 g/mol. The van der Waals surface area contributed by atoms with Crippen molar-refractivity contribution >= 4 is 17.8 Å². The maximum Gasteiger partial charge on any atom is 0.258 e. The highest BCUT2D eigenvalue weighted by atomic mass is 16.2. The lowest BCUT2D eigenvalue weighted by Gasteiger charge is -2.05. The normalized spacial score (nSPS) is 10.3. The number of aryl methyl sites for hydroxylation is 1. The van der Waals surface area contributed by atoms with Crippen molar-refractivity contribution in [2.24, 2.45) is 0 Å². The van der Waals surface area contributed by atoms with Gasteiger partial charge in [-0.15, -0.1) is 5.10 Å². The molecule has 0 radical (unpaired) electrons. The number of carbonyl (C=O) groups is 2. The topological polar surface area (TPSA) is 88.9 Å². The van der Waals surface area contributed by atoms with Crippen molar-refractivity contribution in [3.05, 3.63) is 77.6 Å². The van der Waals surface area contributed by atoms with Crippen LogP contribution < -0.4 is 10.6 Å². The van der Waals surface area contributed by atoms with Gasteiger partial charge in [-0.1, -0.05) is 48.0 Å². The molecular formula is C19H19N5O2. The third-order valence-electron chi connectivity index (χ3n) is 3.71. The summed E-state index contributed by atoms with van der Waals surface area (Å²) in [7, 11) is 0. The highest BCUT2D eigenvalue weighted by Gasteiger charge is 2.10. The molecule has 0 saturated heterocycles. The van der Waals surface area contributed by atoms with Crippen molar-refractivity contribution in [2.45, 2.75) is 20.0 Å². The van der Waals surface area contributed by atoms with E-state index < -0.39 is 0 Å². The van der Waals surface area contributed by atoms with Gasteiger partial charge in [0.05, 0.1) is 0 Å². The fourth-order valence-electron chi connectivity index (χ4n) is 2.31. The molecule has 0 saturated carbocycles. The van der Waals surface area contributed by atoms with Crippen molar-refractivity contribution < 1.29 is 9.59 Å². The minimum atomic E-state index is -0.295. The first-order valence-corrected chi connectivity index (χ1v) is 8.18. The molecule has 0 atom stereocenters. The SMILES string of the molecule is Cc1ccc(C(=O)Nc2ncn(CC(=O)NCc3ccccc3)n2)cc1. The molecule has 0 aliphatic heterocycles. The summed E-state index contributed by atoms with van der Waals surface area (Å²) in [4.78, 5) is 28.1. The van der Waals surface area contributed by atoms with Gasteiger partial charge in [0.2, 0.25) is 11.9 Å². The average Bonchev–Trinajstić information content (AvgIpc) is 3.08. The largest absolute Gasteiger partial charge is 0.350 e. The van der Waals surface area contributed by atoms with Gasteiger partial charge in [0.25, 0.3) is 5.91 Å². The van der Waals surface area contributed by atoms with Crippen LogP contribution in [0.5, 0.6) is 0 Å². The minimum absolute atomic E-state index is 0.0280. The van der Waals surface area contributed by atoms with Crippen LogP contribution in [0.1, 0.15) is 21.5 Å². The number of rotatable bonds is 6. The number of benzene rings is 2. The zero-order valence-corrected chi connectivity index (χ0v) is 14.3. The molecule has 1 aromatic heterocycles. The van der Waals surface area contributed by atoms with E-state index in [0.717, 1.165) is 11.1 Å². The number of hydrogen-bond acceptors (Lipinski definition) is 4. The van der Waals surface area contributed by atoms with Crippen LogP contribution in [0.25, 0.3) is 0 Å². The lowest BCUT2D eigenvalue weighted by atomic mass is 10.1. The van der Waals surface area contributed by atoms with E-state index in [1.807, 2.05) is 49.4 Å². The van der Waals surface area contributed by atoms with Gasteiger partial charge in [0.1, 0.15) is 12.9 Å². The Bertz CT molecular complexity index is 888. The maximum absolute atomic E-state index is 12.1. The van der Waals surface area contributed by atoms with E-state index in [1.54, 1.807) is 12.1 Å². The van der Waals surface area contributed by atoms with Crippen LogP contribution in [-0.4, -0.2) is 26.6 Å². The lowest BCUT2D eigenvalue weighted by molar-refractivity contribution is -0.122. The minimum Gasteiger partial charge on any atom is -0.350 e. The summed E-state index contributed by atoms with van der Waals surface area (Å²) in [5.74, 6) is -0.321. The number of anilines is 1. The zero-order valence-electron chi connectivity index (χ0n) is 14.3. The fraction of sp³-hybridized carbons (Fsp3) is 0.158. The Morgan fingerprint density at radius 2 is 1.77 bits per heavy atom. The van der Waals surface area contributed by atoms with Crippen molar-refractivity contribution in [1.82, 2.24) is 20.1 Å². The summed E-state index contributed by atoms with van der Waals surface area (Å²) >= 11 is 0. The molecule has 0 aliphatic rings. The number of nitrogens with zero attached hydrogens (tertiary/aromatic N) is 3. The first-order chi connectivity index (χ1) is 12.6. The molecular weight excluding hydrogens is 330 g/mol. The molecule has 0 aliphatic carbocycles. The van der Waals surface area contributed by atoms with Crippen molar-refractivity contribution in [1.29, 1.82) is 0 Å². The van der Waals surface area contributed by atoms with Crippen LogP contribution >= 0.6 is 0 Å². The molecule has 1 heterocycles. The molecule has 0 fully saturated rings. The van der Waals surface area contributed by atoms with E-state index in [1.165, 1.54) is 11.0 Å². The summed E-state index contributed by atoms with van der Waals surface area (Å²) in [5, 5.41) is 9.53. The first kappa shape index (κ1) is 17.3. The quantitative estimate of drug-likeness (QED) is 0.714. The number of nitrogens with one attached hydrogen (secondary N) is 2. The smallest absolute Gasteiger partial charge is 0.258 e. The molecule has 0 unspecified atom stereocenters. The predicted molar refractivity (Wildman–Crippen MR) is 97.4 cm³/mol. The van der Waals surface area contributed by atoms with Gasteiger partial charge < -0.3 is 5.32 Å². The lowest BCUT2D eigenvalue weighted by Crippen LogP contribution is -2.27. The number of aromatic nitrogens is 3. The van der Waals surface area contributed by atoms with E-state index in [2.05, 4.69) is 20.7 Å². The fourth-order valence-corrected chi connectivity index (χ4v) is 2.31. The maximum atomic E-state index is 12.1. The van der Waals surface area contributed by atoms with Crippen molar-refractivity contribution in [2.75, 3.05) is 5.32 Å². The van der Waals surface area contributed by atoms with Crippen LogP contribution in [0.4, 0.5) is 5.95 Å². The second-order valence-electron chi connectivity index (χ2n) is 5.85. The van der Waals surface area contributed by atoms with E-state index in [9.17, 15) is 9.59 Å². The molecule has 26 heavy (non-hydrogen) atoms. The van der Waals surface area contributed by atoms with Gasteiger partial charge in [-0.2, -0.15) is 0 Å². The van der Waals surface area contributed by atoms with Gasteiger partial charge >= 0.3 is 0 Å². The van der Waals surface area contributed by atoms with Gasteiger partial charge in [-0.3, -0.25) is 14.9 Å². The third-order valence-corrected chi connectivity index (χ3v) is 3.71. The summed E-state index contributed by atoms with van der Waals surface area (Å²) in [6, 6.07) is 16.8. The second kappa shape index (κ2) is 8.06. The molecule has 7 heteroatoms. The Hall–Kier alpha value is -3.48. The number of amides is 2. The summed E-state index contributed by atoms with van der Waals surface area (Å²) in [6.45, 7) is 2.43. The van der Waals surface area contributed by atoms with E-state index in [0.29, 0.717) is 12.1 Å². The first-order valence-electron chi connectivity index (χ1n) is 8.18. The number of hydrogen-bond donors (Lipinski definition) is 2. The Balaban J connectivity index is 1.51. The van der Waals surface area contributed by atoms with Gasteiger partial charge in [0.15, 0.2) is 0 Å². The van der Waals surface area contributed by atoms with Crippen LogP contribution in [-0.2, 0) is 17.9 Å². The second-order valence-corrected chi connectivity index (χ2v) is 5.85. The molecule has 3 rings (SSSR count). The Morgan fingerprint density at radius 3 is 2.50 bits per heavy atom. The highest BCUT2D eigenvalue weighted by molar-refractivity contribution is 6.03. The predicted octanol–water partition coefficient (Wildman–Crippen LogP) is 2.16. The Labute approximate surface area is 151 Å². The van der Waals surface area contributed by atoms with Crippen LogP contribution in [0.15, 0.2) is 60.9 Å². The molecule has 0 bridgehead atoms. The summed E-state index contributed by atoms with van der Waals surface area (Å²) < 4.78 is 1.38. The molecule has 0 spiro atoms. The van der Waals surface area contributed by atoms with Crippen LogP contribution in [0, 0.1) is 6.92 Å². The zero-order chi connectivity index (χ0) is 18.4. The molecule has 132 valence electrons. The van der Waals surface area contributed by atoms with Crippen LogP contribution in [0.3, 0.4) is 0 Å². The summed E-state index contributed by atoms with van der Waals surface area (Å²) in [6.07, 6.45) is 1.41. The van der Waals surface area contributed by atoms with Gasteiger partial charge in [-0.05, 0) is 24.6 Å². The van der Waals surface area contributed by atoms with Crippen molar-refractivity contribution in [3.8, 4) is 0 Å². The van der Waals surface area contributed by atoms with E-state index in [4.69, 9.17) is 0 Å². The van der Waals surface area contributed by atoms with E-state index in [-0.39, 0.29) is 24.3 Å². The average molecular weight is 349 g/mol. The highest BCUT2D eigenvalue weighted by Crippen LogP contribution is 2.06. The molecule has 7 nitrogen and oxygen atoms in total. The molecule has 2 aromatic carbocycles. The molecule has 2 N–H and O–H groups in total. The van der Waals surface area contributed by atoms with E-state index >= 15 is 0 Å².